The molecule has 0 spiro atoms. The molecule has 0 bridgehead atoms. The smallest absolute Gasteiger partial charge is 0.345 e. The van der Waals surface area contributed by atoms with Crippen LogP contribution < -0.4 is 5.32 Å². The van der Waals surface area contributed by atoms with E-state index in [1.165, 1.54) is 18.2 Å². The van der Waals surface area contributed by atoms with Crippen molar-refractivity contribution in [2.75, 3.05) is 0 Å². The third-order valence-electron chi connectivity index (χ3n) is 4.05. The Kier molecular flexibility index (Phi) is 3.89. The van der Waals surface area contributed by atoms with Gasteiger partial charge in [0, 0.05) is 11.6 Å². The van der Waals surface area contributed by atoms with Crippen molar-refractivity contribution in [1.82, 2.24) is 5.32 Å². The number of aromatic carboxylic acids is 1. The summed E-state index contributed by atoms with van der Waals surface area (Å²) in [6.07, 6.45) is 1.93. The molecule has 0 saturated heterocycles. The standard InChI is InChI=1S/C16H13F2NO3S/c17-9-2-3-10(11(18)8-9)16(6-1-7-16)19-14(20)12-4-5-13(23-12)15(21)22/h2-5,8H,1,6-7H2,(H,19,20)(H,21,22). The van der Waals surface area contributed by atoms with Gasteiger partial charge in [0.1, 0.15) is 16.5 Å². The Morgan fingerprint density at radius 2 is 1.83 bits per heavy atom. The molecule has 120 valence electrons. The third kappa shape index (κ3) is 2.84. The molecule has 3 rings (SSSR count). The molecule has 4 nitrogen and oxygen atoms in total. The number of thiophene rings is 1. The molecule has 7 heteroatoms. The first-order chi connectivity index (χ1) is 10.9. The quantitative estimate of drug-likeness (QED) is 0.897. The number of carboxylic acid groups (broad SMARTS) is 1. The Hall–Kier alpha value is -2.28. The van der Waals surface area contributed by atoms with Crippen LogP contribution in [0.4, 0.5) is 8.78 Å². The Morgan fingerprint density at radius 3 is 2.35 bits per heavy atom. The summed E-state index contributed by atoms with van der Waals surface area (Å²) < 4.78 is 27.1. The lowest BCUT2D eigenvalue weighted by atomic mass is 9.71. The maximum absolute atomic E-state index is 14.1. The molecular formula is C16H13F2NO3S. The minimum atomic E-state index is -1.10. The van der Waals surface area contributed by atoms with Crippen molar-refractivity contribution >= 4 is 23.2 Å². The highest BCUT2D eigenvalue weighted by Crippen LogP contribution is 2.42. The van der Waals surface area contributed by atoms with Crippen molar-refractivity contribution in [2.24, 2.45) is 0 Å². The van der Waals surface area contributed by atoms with Crippen LogP contribution in [0.3, 0.4) is 0 Å². The fourth-order valence-electron chi connectivity index (χ4n) is 2.72. The zero-order chi connectivity index (χ0) is 16.6. The number of halogens is 2. The summed E-state index contributed by atoms with van der Waals surface area (Å²) in [5, 5.41) is 11.7. The zero-order valence-electron chi connectivity index (χ0n) is 11.9. The van der Waals surface area contributed by atoms with Crippen molar-refractivity contribution in [2.45, 2.75) is 24.8 Å². The summed E-state index contributed by atoms with van der Waals surface area (Å²) in [5.41, 5.74) is -0.601. The van der Waals surface area contributed by atoms with E-state index >= 15 is 0 Å². The molecule has 1 aliphatic carbocycles. The van der Waals surface area contributed by atoms with Gasteiger partial charge < -0.3 is 10.4 Å². The summed E-state index contributed by atoms with van der Waals surface area (Å²) in [5.74, 6) is -2.92. The Bertz CT molecular complexity index is 783. The zero-order valence-corrected chi connectivity index (χ0v) is 12.8. The first-order valence-corrected chi connectivity index (χ1v) is 7.84. The summed E-state index contributed by atoms with van der Waals surface area (Å²) in [4.78, 5) is 23.5. The van der Waals surface area contributed by atoms with E-state index in [0.717, 1.165) is 29.9 Å². The highest BCUT2D eigenvalue weighted by atomic mass is 32.1. The first kappa shape index (κ1) is 15.6. The molecule has 0 unspecified atom stereocenters. The summed E-state index contributed by atoms with van der Waals surface area (Å²) in [6.45, 7) is 0. The number of nitrogens with one attached hydrogen (secondary N) is 1. The molecule has 0 atom stereocenters. The number of benzene rings is 1. The van der Waals surface area contributed by atoms with Crippen molar-refractivity contribution in [3.05, 3.63) is 57.3 Å². The number of carbonyl (C=O) groups excluding carboxylic acids is 1. The number of hydrogen-bond donors (Lipinski definition) is 2. The molecule has 1 heterocycles. The van der Waals surface area contributed by atoms with Crippen LogP contribution >= 0.6 is 11.3 Å². The second kappa shape index (κ2) is 5.73. The molecular weight excluding hydrogens is 324 g/mol. The van der Waals surface area contributed by atoms with Crippen LogP contribution in [0.15, 0.2) is 30.3 Å². The van der Waals surface area contributed by atoms with E-state index < -0.39 is 29.0 Å². The van der Waals surface area contributed by atoms with Crippen LogP contribution in [0.2, 0.25) is 0 Å². The van der Waals surface area contributed by atoms with Crippen molar-refractivity contribution < 1.29 is 23.5 Å². The Morgan fingerprint density at radius 1 is 1.13 bits per heavy atom. The highest BCUT2D eigenvalue weighted by Gasteiger charge is 2.42. The maximum atomic E-state index is 14.1. The molecule has 1 fully saturated rings. The SMILES string of the molecule is O=C(O)c1ccc(C(=O)NC2(c3ccc(F)cc3F)CCC2)s1. The average molecular weight is 337 g/mol. The van der Waals surface area contributed by atoms with Crippen molar-refractivity contribution in [3.8, 4) is 0 Å². The van der Waals surface area contributed by atoms with Gasteiger partial charge in [-0.1, -0.05) is 6.07 Å². The fourth-order valence-corrected chi connectivity index (χ4v) is 3.46. The molecule has 1 amide bonds. The summed E-state index contributed by atoms with van der Waals surface area (Å²) in [6, 6.07) is 6.10. The molecule has 2 N–H and O–H groups in total. The second-order valence-electron chi connectivity index (χ2n) is 5.48. The lowest BCUT2D eigenvalue weighted by Gasteiger charge is -2.43. The number of rotatable bonds is 4. The Balaban J connectivity index is 1.86. The minimum absolute atomic E-state index is 0.0609. The van der Waals surface area contributed by atoms with Gasteiger partial charge in [-0.3, -0.25) is 4.79 Å². The van der Waals surface area contributed by atoms with E-state index in [2.05, 4.69) is 5.32 Å². The van der Waals surface area contributed by atoms with Gasteiger partial charge in [-0.05, 0) is 37.5 Å². The maximum Gasteiger partial charge on any atom is 0.345 e. The number of hydrogen-bond acceptors (Lipinski definition) is 3. The number of carbonyl (C=O) groups is 2. The summed E-state index contributed by atoms with van der Waals surface area (Å²) in [7, 11) is 0. The van der Waals surface area contributed by atoms with Crippen molar-refractivity contribution in [1.29, 1.82) is 0 Å². The average Bonchev–Trinajstić information content (AvgIpc) is 2.93. The fraction of sp³-hybridized carbons (Fsp3) is 0.250. The van der Waals surface area contributed by atoms with Gasteiger partial charge in [0.15, 0.2) is 0 Å². The van der Waals surface area contributed by atoms with E-state index in [-0.39, 0.29) is 15.3 Å². The van der Waals surface area contributed by atoms with E-state index in [0.29, 0.717) is 12.8 Å². The lowest BCUT2D eigenvalue weighted by Crippen LogP contribution is -2.51. The lowest BCUT2D eigenvalue weighted by molar-refractivity contribution is 0.0701. The van der Waals surface area contributed by atoms with Crippen LogP contribution in [-0.2, 0) is 5.54 Å². The van der Waals surface area contributed by atoms with Gasteiger partial charge >= 0.3 is 5.97 Å². The van der Waals surface area contributed by atoms with E-state index in [9.17, 15) is 18.4 Å². The second-order valence-corrected chi connectivity index (χ2v) is 6.57. The molecule has 1 aromatic carbocycles. The topological polar surface area (TPSA) is 66.4 Å². The van der Waals surface area contributed by atoms with Gasteiger partial charge in [0.05, 0.1) is 10.4 Å². The predicted molar refractivity (Wildman–Crippen MR) is 80.6 cm³/mol. The number of amides is 1. The highest BCUT2D eigenvalue weighted by molar-refractivity contribution is 7.15. The van der Waals surface area contributed by atoms with Crippen LogP contribution in [0, 0.1) is 11.6 Å². The van der Waals surface area contributed by atoms with Crippen molar-refractivity contribution in [3.63, 3.8) is 0 Å². The van der Waals surface area contributed by atoms with E-state index in [1.54, 1.807) is 0 Å². The van der Waals surface area contributed by atoms with E-state index in [4.69, 9.17) is 5.11 Å². The van der Waals surface area contributed by atoms with Crippen LogP contribution in [0.25, 0.3) is 0 Å². The first-order valence-electron chi connectivity index (χ1n) is 7.02. The van der Waals surface area contributed by atoms with E-state index in [1.807, 2.05) is 0 Å². The van der Waals surface area contributed by atoms with Crippen LogP contribution in [0.5, 0.6) is 0 Å². The monoisotopic (exact) mass is 337 g/mol. The molecule has 0 aliphatic heterocycles. The van der Waals surface area contributed by atoms with Crippen LogP contribution in [-0.4, -0.2) is 17.0 Å². The predicted octanol–water partition coefficient (Wildman–Crippen LogP) is 3.53. The molecule has 1 aromatic heterocycles. The van der Waals surface area contributed by atoms with Gasteiger partial charge in [-0.15, -0.1) is 11.3 Å². The Labute approximate surface area is 134 Å². The van der Waals surface area contributed by atoms with Gasteiger partial charge in [0.25, 0.3) is 5.91 Å². The molecule has 2 aromatic rings. The normalized spacial score (nSPS) is 15.7. The minimum Gasteiger partial charge on any atom is -0.477 e. The van der Waals surface area contributed by atoms with Crippen LogP contribution in [0.1, 0.15) is 44.2 Å². The molecule has 23 heavy (non-hydrogen) atoms. The number of carboxylic acids is 1. The van der Waals surface area contributed by atoms with Gasteiger partial charge in [0.2, 0.25) is 0 Å². The van der Waals surface area contributed by atoms with Gasteiger partial charge in [-0.25, -0.2) is 13.6 Å². The summed E-state index contributed by atoms with van der Waals surface area (Å²) >= 11 is 0.861. The largest absolute Gasteiger partial charge is 0.477 e. The van der Waals surface area contributed by atoms with Gasteiger partial charge in [-0.2, -0.15) is 0 Å². The molecule has 0 radical (unpaired) electrons. The molecule has 1 aliphatic rings. The third-order valence-corrected chi connectivity index (χ3v) is 5.12. The molecule has 1 saturated carbocycles.